The van der Waals surface area contributed by atoms with Crippen molar-refractivity contribution in [2.24, 2.45) is 0 Å². The molecule has 0 radical (unpaired) electrons. The van der Waals surface area contributed by atoms with Gasteiger partial charge in [0, 0.05) is 11.3 Å². The molecule has 0 fully saturated rings. The maximum atomic E-state index is 12.3. The quantitative estimate of drug-likeness (QED) is 0.800. The minimum Gasteiger partial charge on any atom is -0.292 e. The van der Waals surface area contributed by atoms with Crippen LogP contribution in [0.1, 0.15) is 34.2 Å². The molecule has 3 nitrogen and oxygen atoms in total. The van der Waals surface area contributed by atoms with Crippen molar-refractivity contribution in [3.8, 4) is 0 Å². The van der Waals surface area contributed by atoms with Crippen molar-refractivity contribution in [3.63, 3.8) is 0 Å². The summed E-state index contributed by atoms with van der Waals surface area (Å²) in [5.74, 6) is -0.0150. The van der Waals surface area contributed by atoms with E-state index in [1.807, 2.05) is 26.0 Å². The van der Waals surface area contributed by atoms with Gasteiger partial charge in [0.1, 0.15) is 6.54 Å². The zero-order chi connectivity index (χ0) is 14.0. The number of benzene rings is 1. The van der Waals surface area contributed by atoms with E-state index in [1.54, 1.807) is 16.8 Å². The van der Waals surface area contributed by atoms with E-state index < -0.39 is 0 Å². The van der Waals surface area contributed by atoms with E-state index >= 15 is 0 Å². The Morgan fingerprint density at radius 1 is 1.32 bits per heavy atom. The highest BCUT2D eigenvalue weighted by molar-refractivity contribution is 6.33. The fourth-order valence-electron chi connectivity index (χ4n) is 2.31. The summed E-state index contributed by atoms with van der Waals surface area (Å²) in [5.41, 5.74) is 3.81. The maximum Gasteiger partial charge on any atom is 0.185 e. The third-order valence-electron chi connectivity index (χ3n) is 3.35. The van der Waals surface area contributed by atoms with Gasteiger partial charge in [-0.15, -0.1) is 0 Å². The first-order chi connectivity index (χ1) is 9.04. The lowest BCUT2D eigenvalue weighted by Gasteiger charge is -2.06. The van der Waals surface area contributed by atoms with Crippen LogP contribution in [0.2, 0.25) is 5.02 Å². The van der Waals surface area contributed by atoms with Crippen LogP contribution < -0.4 is 0 Å². The van der Waals surface area contributed by atoms with Gasteiger partial charge in [-0.3, -0.25) is 9.48 Å². The Hall–Kier alpha value is -1.61. The lowest BCUT2D eigenvalue weighted by molar-refractivity contribution is 0.0967. The van der Waals surface area contributed by atoms with E-state index in [2.05, 4.69) is 12.0 Å². The highest BCUT2D eigenvalue weighted by Gasteiger charge is 2.15. The van der Waals surface area contributed by atoms with Gasteiger partial charge in [0.2, 0.25) is 0 Å². The predicted molar refractivity (Wildman–Crippen MR) is 76.9 cm³/mol. The molecule has 0 aliphatic rings. The summed E-state index contributed by atoms with van der Waals surface area (Å²) in [5, 5.41) is 4.92. The molecule has 0 aliphatic carbocycles. The van der Waals surface area contributed by atoms with E-state index in [0.717, 1.165) is 17.8 Å². The number of ketones is 1. The minimum atomic E-state index is -0.0150. The molecule has 19 heavy (non-hydrogen) atoms. The molecule has 0 saturated carbocycles. The maximum absolute atomic E-state index is 12.3. The summed E-state index contributed by atoms with van der Waals surface area (Å²) in [6.45, 7) is 6.30. The van der Waals surface area contributed by atoms with Gasteiger partial charge in [-0.05, 0) is 38.0 Å². The third-order valence-corrected chi connectivity index (χ3v) is 3.68. The molecule has 0 unspecified atom stereocenters. The molecule has 2 aromatic rings. The number of Topliss-reactive ketones (excluding diaryl/α,β-unsaturated/α-hetero) is 1. The van der Waals surface area contributed by atoms with Crippen LogP contribution in [-0.2, 0) is 13.0 Å². The molecule has 4 heteroatoms. The number of aromatic nitrogens is 2. The largest absolute Gasteiger partial charge is 0.292 e. The standard InChI is InChI=1S/C15H17ClN2O/c1-4-12-10(2)17-18(11(12)3)9-15(19)13-7-5-6-8-14(13)16/h5-8H,4,9H2,1-3H3. The van der Waals surface area contributed by atoms with Crippen molar-refractivity contribution < 1.29 is 4.79 Å². The van der Waals surface area contributed by atoms with Crippen LogP contribution in [0.4, 0.5) is 0 Å². The Kier molecular flexibility index (Phi) is 4.05. The highest BCUT2D eigenvalue weighted by atomic mass is 35.5. The van der Waals surface area contributed by atoms with Crippen LogP contribution in [0.25, 0.3) is 0 Å². The first kappa shape index (κ1) is 13.8. The van der Waals surface area contributed by atoms with Crippen molar-refractivity contribution in [1.29, 1.82) is 0 Å². The molecule has 0 N–H and O–H groups in total. The third kappa shape index (κ3) is 2.71. The van der Waals surface area contributed by atoms with E-state index in [9.17, 15) is 4.79 Å². The lowest BCUT2D eigenvalue weighted by atomic mass is 10.1. The normalized spacial score (nSPS) is 10.7. The second kappa shape index (κ2) is 5.57. The second-order valence-corrected chi connectivity index (χ2v) is 4.97. The summed E-state index contributed by atoms with van der Waals surface area (Å²) in [7, 11) is 0. The molecular weight excluding hydrogens is 260 g/mol. The fraction of sp³-hybridized carbons (Fsp3) is 0.333. The van der Waals surface area contributed by atoms with E-state index in [-0.39, 0.29) is 12.3 Å². The summed E-state index contributed by atoms with van der Waals surface area (Å²) in [4.78, 5) is 12.3. The molecule has 0 spiro atoms. The number of aryl methyl sites for hydroxylation is 1. The molecule has 0 bridgehead atoms. The minimum absolute atomic E-state index is 0.0150. The van der Waals surface area contributed by atoms with Crippen LogP contribution in [-0.4, -0.2) is 15.6 Å². The average molecular weight is 277 g/mol. The van der Waals surface area contributed by atoms with E-state index in [1.165, 1.54) is 5.56 Å². The molecule has 1 aromatic carbocycles. The Bertz CT molecular complexity index is 617. The first-order valence-electron chi connectivity index (χ1n) is 6.35. The van der Waals surface area contributed by atoms with Gasteiger partial charge in [0.15, 0.2) is 5.78 Å². The van der Waals surface area contributed by atoms with Gasteiger partial charge in [-0.2, -0.15) is 5.10 Å². The average Bonchev–Trinajstić information content (AvgIpc) is 2.64. The van der Waals surface area contributed by atoms with Gasteiger partial charge in [-0.25, -0.2) is 0 Å². The lowest BCUT2D eigenvalue weighted by Crippen LogP contribution is -2.13. The predicted octanol–water partition coefficient (Wildman–Crippen LogP) is 3.60. The number of hydrogen-bond acceptors (Lipinski definition) is 2. The molecular formula is C15H17ClN2O. The van der Waals surface area contributed by atoms with Crippen LogP contribution >= 0.6 is 11.6 Å². The molecule has 100 valence electrons. The number of carbonyl (C=O) groups is 1. The van der Waals surface area contributed by atoms with Crippen LogP contribution in [0, 0.1) is 13.8 Å². The van der Waals surface area contributed by atoms with Crippen molar-refractivity contribution in [1.82, 2.24) is 9.78 Å². The van der Waals surface area contributed by atoms with Crippen molar-refractivity contribution in [2.75, 3.05) is 0 Å². The number of carbonyl (C=O) groups excluding carboxylic acids is 1. The Morgan fingerprint density at radius 2 is 2.00 bits per heavy atom. The molecule has 1 aromatic heterocycles. The number of halogens is 1. The summed E-state index contributed by atoms with van der Waals surface area (Å²) < 4.78 is 1.76. The Balaban J connectivity index is 2.27. The van der Waals surface area contributed by atoms with Gasteiger partial charge < -0.3 is 0 Å². The topological polar surface area (TPSA) is 34.9 Å². The Morgan fingerprint density at radius 3 is 2.58 bits per heavy atom. The molecule has 0 atom stereocenters. The van der Waals surface area contributed by atoms with Crippen LogP contribution in [0.15, 0.2) is 24.3 Å². The SMILES string of the molecule is CCc1c(C)nn(CC(=O)c2ccccc2Cl)c1C. The van der Waals surface area contributed by atoms with Crippen LogP contribution in [0.5, 0.6) is 0 Å². The molecule has 0 aliphatic heterocycles. The van der Waals surface area contributed by atoms with E-state index in [0.29, 0.717) is 10.6 Å². The van der Waals surface area contributed by atoms with Crippen LogP contribution in [0.3, 0.4) is 0 Å². The Labute approximate surface area is 118 Å². The monoisotopic (exact) mass is 276 g/mol. The molecule has 0 amide bonds. The molecule has 1 heterocycles. The molecule has 0 saturated heterocycles. The van der Waals surface area contributed by atoms with Crippen molar-refractivity contribution >= 4 is 17.4 Å². The van der Waals surface area contributed by atoms with Crippen molar-refractivity contribution in [2.45, 2.75) is 33.7 Å². The highest BCUT2D eigenvalue weighted by Crippen LogP contribution is 2.18. The van der Waals surface area contributed by atoms with Crippen molar-refractivity contribution in [3.05, 3.63) is 51.8 Å². The fourth-order valence-corrected chi connectivity index (χ4v) is 2.55. The summed E-state index contributed by atoms with van der Waals surface area (Å²) in [6, 6.07) is 7.11. The molecule has 2 rings (SSSR count). The zero-order valence-corrected chi connectivity index (χ0v) is 12.2. The smallest absolute Gasteiger partial charge is 0.185 e. The van der Waals surface area contributed by atoms with Gasteiger partial charge in [0.05, 0.1) is 10.7 Å². The number of rotatable bonds is 4. The van der Waals surface area contributed by atoms with E-state index in [4.69, 9.17) is 11.6 Å². The number of hydrogen-bond donors (Lipinski definition) is 0. The second-order valence-electron chi connectivity index (χ2n) is 4.56. The van der Waals surface area contributed by atoms with Gasteiger partial charge >= 0.3 is 0 Å². The summed E-state index contributed by atoms with van der Waals surface area (Å²) >= 11 is 6.04. The van der Waals surface area contributed by atoms with Gasteiger partial charge in [0.25, 0.3) is 0 Å². The van der Waals surface area contributed by atoms with Gasteiger partial charge in [-0.1, -0.05) is 30.7 Å². The summed E-state index contributed by atoms with van der Waals surface area (Å²) in [6.07, 6.45) is 0.929. The number of nitrogens with zero attached hydrogens (tertiary/aromatic N) is 2. The zero-order valence-electron chi connectivity index (χ0n) is 11.4. The first-order valence-corrected chi connectivity index (χ1v) is 6.73.